The Morgan fingerprint density at radius 2 is 1.54 bits per heavy atom. The molecular formula is C18H19ClO4S. The molecule has 0 amide bonds. The van der Waals surface area contributed by atoms with E-state index in [0.717, 1.165) is 11.1 Å². The van der Waals surface area contributed by atoms with Crippen LogP contribution in [0.1, 0.15) is 17.0 Å². The molecule has 2 N–H and O–H groups in total. The van der Waals surface area contributed by atoms with Gasteiger partial charge < -0.3 is 10.2 Å². The second-order valence-electron chi connectivity index (χ2n) is 6.36. The Hall–Kier alpha value is -1.40. The predicted octanol–water partition coefficient (Wildman–Crippen LogP) is 2.56. The molecule has 2 aromatic rings. The summed E-state index contributed by atoms with van der Waals surface area (Å²) in [5, 5.41) is 19.3. The van der Waals surface area contributed by atoms with Crippen molar-refractivity contribution >= 4 is 21.4 Å². The minimum atomic E-state index is -3.67. The SMILES string of the molecule is Cc1ccc(S(=O)(=O)[C@H]2[C@@H](c3ccc(Cl)cc3)C2(CO)CO)cc1. The molecule has 1 aliphatic carbocycles. The zero-order valence-corrected chi connectivity index (χ0v) is 14.8. The maximum atomic E-state index is 13.0. The number of aliphatic hydroxyl groups is 2. The topological polar surface area (TPSA) is 74.6 Å². The van der Waals surface area contributed by atoms with Gasteiger partial charge in [-0.3, -0.25) is 0 Å². The van der Waals surface area contributed by atoms with Crippen LogP contribution in [0.5, 0.6) is 0 Å². The smallest absolute Gasteiger partial charge is 0.182 e. The first-order valence-corrected chi connectivity index (χ1v) is 9.57. The maximum Gasteiger partial charge on any atom is 0.182 e. The fourth-order valence-electron chi connectivity index (χ4n) is 3.42. The van der Waals surface area contributed by atoms with Crippen molar-refractivity contribution in [3.8, 4) is 0 Å². The van der Waals surface area contributed by atoms with Crippen LogP contribution in [0.25, 0.3) is 0 Å². The van der Waals surface area contributed by atoms with Crippen LogP contribution in [-0.4, -0.2) is 37.1 Å². The molecule has 0 heterocycles. The van der Waals surface area contributed by atoms with E-state index < -0.39 is 39.6 Å². The highest BCUT2D eigenvalue weighted by atomic mass is 35.5. The average Bonchev–Trinajstić information content (AvgIpc) is 3.26. The summed E-state index contributed by atoms with van der Waals surface area (Å²) in [6.45, 7) is 1.09. The van der Waals surface area contributed by atoms with E-state index in [9.17, 15) is 18.6 Å². The Morgan fingerprint density at radius 3 is 2.04 bits per heavy atom. The molecule has 128 valence electrons. The molecule has 3 rings (SSSR count). The first-order chi connectivity index (χ1) is 11.4. The molecule has 1 aliphatic rings. The van der Waals surface area contributed by atoms with Crippen LogP contribution in [0.4, 0.5) is 0 Å². The summed E-state index contributed by atoms with van der Waals surface area (Å²) >= 11 is 5.90. The Bertz CT molecular complexity index is 824. The molecule has 1 saturated carbocycles. The summed E-state index contributed by atoms with van der Waals surface area (Å²) in [7, 11) is -3.67. The molecule has 0 saturated heterocycles. The minimum Gasteiger partial charge on any atom is -0.396 e. The quantitative estimate of drug-likeness (QED) is 0.852. The first kappa shape index (κ1) is 17.4. The van der Waals surface area contributed by atoms with Gasteiger partial charge in [0.25, 0.3) is 0 Å². The molecule has 4 nitrogen and oxygen atoms in total. The Morgan fingerprint density at radius 1 is 1.00 bits per heavy atom. The second kappa shape index (κ2) is 6.15. The van der Waals surface area contributed by atoms with Crippen molar-refractivity contribution in [2.24, 2.45) is 5.41 Å². The van der Waals surface area contributed by atoms with Crippen LogP contribution >= 0.6 is 11.6 Å². The number of aliphatic hydroxyl groups excluding tert-OH is 2. The van der Waals surface area contributed by atoms with Crippen molar-refractivity contribution in [3.63, 3.8) is 0 Å². The molecular weight excluding hydrogens is 348 g/mol. The molecule has 0 bridgehead atoms. The molecule has 2 aromatic carbocycles. The molecule has 0 spiro atoms. The van der Waals surface area contributed by atoms with Gasteiger partial charge in [0.05, 0.1) is 23.4 Å². The lowest BCUT2D eigenvalue weighted by molar-refractivity contribution is 0.130. The Balaban J connectivity index is 2.04. The number of hydrogen-bond acceptors (Lipinski definition) is 4. The zero-order valence-electron chi connectivity index (χ0n) is 13.2. The van der Waals surface area contributed by atoms with Gasteiger partial charge in [-0.05, 0) is 36.8 Å². The van der Waals surface area contributed by atoms with E-state index in [4.69, 9.17) is 11.6 Å². The third-order valence-corrected chi connectivity index (χ3v) is 7.47. The van der Waals surface area contributed by atoms with Crippen molar-refractivity contribution < 1.29 is 18.6 Å². The highest BCUT2D eigenvalue weighted by Crippen LogP contribution is 2.63. The normalized spacial score (nSPS) is 22.3. The van der Waals surface area contributed by atoms with E-state index in [-0.39, 0.29) is 4.90 Å². The van der Waals surface area contributed by atoms with E-state index in [2.05, 4.69) is 0 Å². The molecule has 2 atom stereocenters. The molecule has 0 radical (unpaired) electrons. The van der Waals surface area contributed by atoms with Gasteiger partial charge in [0.2, 0.25) is 0 Å². The largest absolute Gasteiger partial charge is 0.396 e. The molecule has 0 unspecified atom stereocenters. The summed E-state index contributed by atoms with van der Waals surface area (Å²) in [5.41, 5.74) is 0.648. The van der Waals surface area contributed by atoms with E-state index in [0.29, 0.717) is 5.02 Å². The first-order valence-electron chi connectivity index (χ1n) is 7.64. The zero-order chi connectivity index (χ0) is 17.5. The lowest BCUT2D eigenvalue weighted by Gasteiger charge is -2.11. The number of halogens is 1. The van der Waals surface area contributed by atoms with E-state index >= 15 is 0 Å². The van der Waals surface area contributed by atoms with Gasteiger partial charge in [-0.2, -0.15) is 0 Å². The molecule has 0 aromatic heterocycles. The predicted molar refractivity (Wildman–Crippen MR) is 93.0 cm³/mol. The highest BCUT2D eigenvalue weighted by Gasteiger charge is 2.70. The van der Waals surface area contributed by atoms with Crippen molar-refractivity contribution in [1.82, 2.24) is 0 Å². The number of benzene rings is 2. The van der Waals surface area contributed by atoms with Crippen molar-refractivity contribution in [2.75, 3.05) is 13.2 Å². The van der Waals surface area contributed by atoms with Gasteiger partial charge in [-0.1, -0.05) is 41.4 Å². The fourth-order valence-corrected chi connectivity index (χ4v) is 5.98. The molecule has 6 heteroatoms. The summed E-state index contributed by atoms with van der Waals surface area (Å²) in [4.78, 5) is 0.209. The Kier molecular flexibility index (Phi) is 4.47. The molecule has 24 heavy (non-hydrogen) atoms. The van der Waals surface area contributed by atoms with Crippen LogP contribution in [0, 0.1) is 12.3 Å². The highest BCUT2D eigenvalue weighted by molar-refractivity contribution is 7.92. The van der Waals surface area contributed by atoms with E-state index in [1.807, 2.05) is 6.92 Å². The summed E-state index contributed by atoms with van der Waals surface area (Å²) in [6, 6.07) is 13.5. The van der Waals surface area contributed by atoms with Crippen LogP contribution in [-0.2, 0) is 9.84 Å². The Labute approximate surface area is 146 Å². The van der Waals surface area contributed by atoms with Crippen molar-refractivity contribution in [1.29, 1.82) is 0 Å². The third-order valence-electron chi connectivity index (χ3n) is 4.88. The van der Waals surface area contributed by atoms with Gasteiger partial charge in [0.1, 0.15) is 0 Å². The summed E-state index contributed by atoms with van der Waals surface area (Å²) in [6.07, 6.45) is 0. The van der Waals surface area contributed by atoms with E-state index in [1.165, 1.54) is 0 Å². The standard InChI is InChI=1S/C18H19ClO4S/c1-12-2-8-15(9-3-12)24(22,23)17-16(18(17,10-20)11-21)13-4-6-14(19)7-5-13/h2-9,16-17,20-21H,10-11H2,1H3/t16-,17+/m1/s1. The van der Waals surface area contributed by atoms with Gasteiger partial charge >= 0.3 is 0 Å². The minimum absolute atomic E-state index is 0.209. The summed E-state index contributed by atoms with van der Waals surface area (Å²) in [5.74, 6) is -0.462. The van der Waals surface area contributed by atoms with Gasteiger partial charge in [0, 0.05) is 16.4 Å². The number of aryl methyl sites for hydroxylation is 1. The van der Waals surface area contributed by atoms with Crippen molar-refractivity contribution in [3.05, 3.63) is 64.7 Å². The monoisotopic (exact) mass is 366 g/mol. The van der Waals surface area contributed by atoms with E-state index in [1.54, 1.807) is 48.5 Å². The van der Waals surface area contributed by atoms with Gasteiger partial charge in [-0.15, -0.1) is 0 Å². The van der Waals surface area contributed by atoms with Crippen LogP contribution < -0.4 is 0 Å². The number of rotatable bonds is 5. The lowest BCUT2D eigenvalue weighted by atomic mass is 10.0. The average molecular weight is 367 g/mol. The number of hydrogen-bond donors (Lipinski definition) is 2. The van der Waals surface area contributed by atoms with Crippen LogP contribution in [0.2, 0.25) is 5.02 Å². The molecule has 1 fully saturated rings. The van der Waals surface area contributed by atoms with Gasteiger partial charge in [0.15, 0.2) is 9.84 Å². The summed E-state index contributed by atoms with van der Waals surface area (Å²) < 4.78 is 26.1. The van der Waals surface area contributed by atoms with Gasteiger partial charge in [-0.25, -0.2) is 8.42 Å². The van der Waals surface area contributed by atoms with Crippen LogP contribution in [0.15, 0.2) is 53.4 Å². The van der Waals surface area contributed by atoms with Crippen LogP contribution in [0.3, 0.4) is 0 Å². The fraction of sp³-hybridized carbons (Fsp3) is 0.333. The maximum absolute atomic E-state index is 13.0. The number of sulfone groups is 1. The van der Waals surface area contributed by atoms with Crippen molar-refractivity contribution in [2.45, 2.75) is 23.0 Å². The lowest BCUT2D eigenvalue weighted by Crippen LogP contribution is -2.23. The second-order valence-corrected chi connectivity index (χ2v) is 8.86. The third kappa shape index (κ3) is 2.65. The molecule has 0 aliphatic heterocycles.